The van der Waals surface area contributed by atoms with Gasteiger partial charge in [0.2, 0.25) is 0 Å². The molecule has 19 heavy (non-hydrogen) atoms. The maximum Gasteiger partial charge on any atom is 0.326 e. The van der Waals surface area contributed by atoms with Crippen LogP contribution >= 0.6 is 0 Å². The number of hydrogen-bond donors (Lipinski definition) is 1. The summed E-state index contributed by atoms with van der Waals surface area (Å²) in [6.07, 6.45) is 4.27. The van der Waals surface area contributed by atoms with Crippen LogP contribution in [0.3, 0.4) is 0 Å². The van der Waals surface area contributed by atoms with Crippen LogP contribution in [0.4, 0.5) is 4.79 Å². The molecule has 0 aromatic rings. The minimum atomic E-state index is -0.895. The van der Waals surface area contributed by atoms with Crippen molar-refractivity contribution < 1.29 is 19.4 Å². The molecular formula is C13H22N2O4. The summed E-state index contributed by atoms with van der Waals surface area (Å²) in [5, 5.41) is 9.22. The van der Waals surface area contributed by atoms with Gasteiger partial charge in [-0.25, -0.2) is 9.59 Å². The lowest BCUT2D eigenvalue weighted by Gasteiger charge is -2.39. The van der Waals surface area contributed by atoms with Crippen molar-refractivity contribution in [3.05, 3.63) is 0 Å². The van der Waals surface area contributed by atoms with Gasteiger partial charge >= 0.3 is 12.0 Å². The van der Waals surface area contributed by atoms with Crippen LogP contribution in [-0.2, 0) is 9.53 Å². The number of carboxylic acids is 1. The Balaban J connectivity index is 2.02. The largest absolute Gasteiger partial charge is 0.480 e. The third kappa shape index (κ3) is 3.18. The number of ether oxygens (including phenoxy) is 1. The average molecular weight is 270 g/mol. The van der Waals surface area contributed by atoms with Gasteiger partial charge in [0.1, 0.15) is 6.04 Å². The highest BCUT2D eigenvalue weighted by molar-refractivity contribution is 5.83. The number of likely N-dealkylation sites (tertiary alicyclic amines) is 2. The minimum Gasteiger partial charge on any atom is -0.480 e. The lowest BCUT2D eigenvalue weighted by atomic mass is 10.0. The van der Waals surface area contributed by atoms with Gasteiger partial charge in [-0.1, -0.05) is 0 Å². The van der Waals surface area contributed by atoms with E-state index in [-0.39, 0.29) is 12.1 Å². The molecule has 0 bridgehead atoms. The number of hydrogen-bond acceptors (Lipinski definition) is 3. The molecule has 0 aliphatic carbocycles. The fourth-order valence-electron chi connectivity index (χ4n) is 2.90. The molecule has 2 saturated heterocycles. The molecule has 0 spiro atoms. The van der Waals surface area contributed by atoms with Crippen molar-refractivity contribution >= 4 is 12.0 Å². The molecule has 0 aromatic heterocycles. The first-order valence-corrected chi connectivity index (χ1v) is 6.94. The van der Waals surface area contributed by atoms with E-state index in [0.29, 0.717) is 26.1 Å². The first-order chi connectivity index (χ1) is 9.13. The van der Waals surface area contributed by atoms with Crippen LogP contribution in [0, 0.1) is 0 Å². The maximum atomic E-state index is 12.5. The molecule has 6 heteroatoms. The number of carbonyl (C=O) groups excluding carboxylic acids is 1. The Morgan fingerprint density at radius 2 is 1.95 bits per heavy atom. The number of rotatable bonds is 2. The van der Waals surface area contributed by atoms with Gasteiger partial charge < -0.3 is 19.6 Å². The Bertz CT molecular complexity index is 348. The molecule has 2 atom stereocenters. The third-order valence-electron chi connectivity index (χ3n) is 4.02. The van der Waals surface area contributed by atoms with E-state index in [0.717, 1.165) is 25.7 Å². The molecule has 0 radical (unpaired) electrons. The molecule has 108 valence electrons. The van der Waals surface area contributed by atoms with Crippen molar-refractivity contribution in [1.82, 2.24) is 9.80 Å². The van der Waals surface area contributed by atoms with Crippen LogP contribution in [0.1, 0.15) is 32.1 Å². The fourth-order valence-corrected chi connectivity index (χ4v) is 2.90. The number of urea groups is 1. The van der Waals surface area contributed by atoms with Gasteiger partial charge in [-0.05, 0) is 32.1 Å². The zero-order chi connectivity index (χ0) is 13.8. The van der Waals surface area contributed by atoms with Crippen LogP contribution in [0.2, 0.25) is 0 Å². The number of aliphatic carboxylic acids is 1. The van der Waals surface area contributed by atoms with E-state index in [1.807, 2.05) is 0 Å². The minimum absolute atomic E-state index is 0.0748. The molecule has 2 aliphatic rings. The molecule has 0 aromatic carbocycles. The van der Waals surface area contributed by atoms with Crippen molar-refractivity contribution in [2.45, 2.75) is 44.2 Å². The summed E-state index contributed by atoms with van der Waals surface area (Å²) in [4.78, 5) is 27.0. The van der Waals surface area contributed by atoms with E-state index in [1.54, 1.807) is 12.0 Å². The highest BCUT2D eigenvalue weighted by Crippen LogP contribution is 2.21. The number of nitrogens with zero attached hydrogens (tertiary/aromatic N) is 2. The highest BCUT2D eigenvalue weighted by Gasteiger charge is 2.35. The summed E-state index contributed by atoms with van der Waals surface area (Å²) in [7, 11) is 1.65. The molecule has 2 amide bonds. The van der Waals surface area contributed by atoms with Gasteiger partial charge in [0.25, 0.3) is 0 Å². The summed E-state index contributed by atoms with van der Waals surface area (Å²) < 4.78 is 5.30. The molecule has 6 nitrogen and oxygen atoms in total. The second-order valence-electron chi connectivity index (χ2n) is 5.27. The second-order valence-corrected chi connectivity index (χ2v) is 5.27. The molecule has 0 saturated carbocycles. The molecule has 2 fully saturated rings. The van der Waals surface area contributed by atoms with Gasteiger partial charge in [-0.2, -0.15) is 0 Å². The quantitative estimate of drug-likeness (QED) is 0.817. The predicted octanol–water partition coefficient (Wildman–Crippen LogP) is 1.16. The number of piperidine rings is 2. The van der Waals surface area contributed by atoms with Crippen molar-refractivity contribution in [3.8, 4) is 0 Å². The number of amides is 2. The van der Waals surface area contributed by atoms with Crippen molar-refractivity contribution in [3.63, 3.8) is 0 Å². The van der Waals surface area contributed by atoms with Crippen molar-refractivity contribution in [2.75, 3.05) is 26.7 Å². The summed E-state index contributed by atoms with van der Waals surface area (Å²) in [6, 6.07) is -0.807. The van der Waals surface area contributed by atoms with Gasteiger partial charge in [-0.15, -0.1) is 0 Å². The van der Waals surface area contributed by atoms with E-state index in [1.165, 1.54) is 4.90 Å². The Hall–Kier alpha value is -1.30. The lowest BCUT2D eigenvalue weighted by molar-refractivity contribution is -0.143. The van der Waals surface area contributed by atoms with Crippen molar-refractivity contribution in [1.29, 1.82) is 0 Å². The van der Waals surface area contributed by atoms with E-state index in [9.17, 15) is 14.7 Å². The zero-order valence-corrected chi connectivity index (χ0v) is 11.4. The maximum absolute atomic E-state index is 12.5. The molecular weight excluding hydrogens is 248 g/mol. The van der Waals surface area contributed by atoms with E-state index < -0.39 is 12.0 Å². The van der Waals surface area contributed by atoms with Crippen molar-refractivity contribution in [2.24, 2.45) is 0 Å². The fraction of sp³-hybridized carbons (Fsp3) is 0.846. The normalized spacial score (nSPS) is 28.3. The molecule has 2 aliphatic heterocycles. The first-order valence-electron chi connectivity index (χ1n) is 6.94. The third-order valence-corrected chi connectivity index (χ3v) is 4.02. The summed E-state index contributed by atoms with van der Waals surface area (Å²) >= 11 is 0. The molecule has 1 N–H and O–H groups in total. The standard InChI is InChI=1S/C13H22N2O4/c1-19-10-5-4-7-14(9-10)13(18)15-8-3-2-6-11(15)12(16)17/h10-11H,2-9H2,1H3,(H,16,17). The van der Waals surface area contributed by atoms with Crippen LogP contribution in [0.5, 0.6) is 0 Å². The van der Waals surface area contributed by atoms with E-state index in [2.05, 4.69) is 0 Å². The molecule has 2 unspecified atom stereocenters. The van der Waals surface area contributed by atoms with E-state index >= 15 is 0 Å². The Morgan fingerprint density at radius 3 is 2.63 bits per heavy atom. The Morgan fingerprint density at radius 1 is 1.16 bits per heavy atom. The molecule has 2 heterocycles. The highest BCUT2D eigenvalue weighted by atomic mass is 16.5. The van der Waals surface area contributed by atoms with Crippen LogP contribution < -0.4 is 0 Å². The summed E-state index contributed by atoms with van der Waals surface area (Å²) in [5.41, 5.74) is 0. The Kier molecular flexibility index (Phi) is 4.63. The first kappa shape index (κ1) is 14.1. The van der Waals surface area contributed by atoms with E-state index in [4.69, 9.17) is 4.74 Å². The molecule has 2 rings (SSSR count). The van der Waals surface area contributed by atoms with Gasteiger partial charge in [0.15, 0.2) is 0 Å². The van der Waals surface area contributed by atoms with Gasteiger partial charge in [0, 0.05) is 26.7 Å². The Labute approximate surface area is 113 Å². The number of carboxylic acid groups (broad SMARTS) is 1. The predicted molar refractivity (Wildman–Crippen MR) is 69.0 cm³/mol. The zero-order valence-electron chi connectivity index (χ0n) is 11.4. The summed E-state index contributed by atoms with van der Waals surface area (Å²) in [6.45, 7) is 1.81. The van der Waals surface area contributed by atoms with Crippen LogP contribution in [0.25, 0.3) is 0 Å². The van der Waals surface area contributed by atoms with Gasteiger partial charge in [-0.3, -0.25) is 0 Å². The number of carbonyl (C=O) groups is 2. The SMILES string of the molecule is COC1CCCN(C(=O)N2CCCCC2C(=O)O)C1. The summed E-state index contributed by atoms with van der Waals surface area (Å²) in [5.74, 6) is -0.895. The van der Waals surface area contributed by atoms with Gasteiger partial charge in [0.05, 0.1) is 6.10 Å². The smallest absolute Gasteiger partial charge is 0.326 e. The lowest BCUT2D eigenvalue weighted by Crippen LogP contribution is -2.55. The van der Waals surface area contributed by atoms with Crippen LogP contribution in [0.15, 0.2) is 0 Å². The number of methoxy groups -OCH3 is 1. The average Bonchev–Trinajstić information content (AvgIpc) is 2.46. The second kappa shape index (κ2) is 6.23. The topological polar surface area (TPSA) is 70.1 Å². The van der Waals surface area contributed by atoms with Crippen LogP contribution in [-0.4, -0.2) is 65.8 Å². The monoisotopic (exact) mass is 270 g/mol.